The van der Waals surface area contributed by atoms with Gasteiger partial charge in [-0.3, -0.25) is 4.79 Å². The molecule has 1 amide bonds. The van der Waals surface area contributed by atoms with Gasteiger partial charge in [0.25, 0.3) is 0 Å². The van der Waals surface area contributed by atoms with Gasteiger partial charge < -0.3 is 18.7 Å². The maximum atomic E-state index is 14.9. The van der Waals surface area contributed by atoms with Crippen LogP contribution in [0.15, 0.2) is 94.4 Å². The van der Waals surface area contributed by atoms with Crippen molar-refractivity contribution in [3.05, 3.63) is 141 Å². The van der Waals surface area contributed by atoms with Crippen molar-refractivity contribution in [1.82, 2.24) is 19.6 Å². The SMILES string of the molecule is O=C(OCc1ccccc1)N1CCc2c(c(=O)c(-c3noc(Cc4ccccc4)n3)cn2Cc2ccc(C(F)(F)F)cc2F)C1. The van der Waals surface area contributed by atoms with Gasteiger partial charge in [-0.1, -0.05) is 71.9 Å². The molecule has 3 heterocycles. The molecule has 0 N–H and O–H groups in total. The molecule has 0 unspecified atom stereocenters. The molecule has 2 aromatic heterocycles. The minimum Gasteiger partial charge on any atom is -0.445 e. The minimum absolute atomic E-state index is 0.000787. The number of alkyl halides is 3. The molecule has 1 aliphatic heterocycles. The van der Waals surface area contributed by atoms with E-state index >= 15 is 0 Å². The molecule has 0 atom stereocenters. The fourth-order valence-electron chi connectivity index (χ4n) is 5.24. The normalized spacial score (nSPS) is 13.0. The number of aromatic nitrogens is 3. The second-order valence-electron chi connectivity index (χ2n) is 10.6. The number of carbonyl (C=O) groups excluding carboxylic acids is 1. The van der Waals surface area contributed by atoms with Crippen LogP contribution < -0.4 is 5.43 Å². The zero-order valence-corrected chi connectivity index (χ0v) is 23.8. The largest absolute Gasteiger partial charge is 0.445 e. The molecule has 6 rings (SSSR count). The monoisotopic (exact) mass is 618 g/mol. The summed E-state index contributed by atoms with van der Waals surface area (Å²) in [5.41, 5.74) is 0.967. The summed E-state index contributed by atoms with van der Waals surface area (Å²) in [7, 11) is 0. The third-order valence-electron chi connectivity index (χ3n) is 7.56. The van der Waals surface area contributed by atoms with Gasteiger partial charge in [-0.05, 0) is 23.3 Å². The Kier molecular flexibility index (Phi) is 8.20. The van der Waals surface area contributed by atoms with E-state index in [4.69, 9.17) is 9.26 Å². The van der Waals surface area contributed by atoms with Crippen molar-refractivity contribution in [2.24, 2.45) is 0 Å². The molecule has 0 radical (unpaired) electrons. The van der Waals surface area contributed by atoms with Gasteiger partial charge in [0.1, 0.15) is 12.4 Å². The zero-order chi connectivity index (χ0) is 31.6. The molecule has 0 saturated heterocycles. The van der Waals surface area contributed by atoms with Gasteiger partial charge in [0, 0.05) is 36.0 Å². The molecule has 0 aliphatic carbocycles. The summed E-state index contributed by atoms with van der Waals surface area (Å²) >= 11 is 0. The Labute approximate surface area is 254 Å². The third-order valence-corrected chi connectivity index (χ3v) is 7.56. The highest BCUT2D eigenvalue weighted by Gasteiger charge is 2.32. The highest BCUT2D eigenvalue weighted by atomic mass is 19.4. The number of benzene rings is 3. The van der Waals surface area contributed by atoms with Crippen LogP contribution in [0, 0.1) is 5.82 Å². The van der Waals surface area contributed by atoms with Gasteiger partial charge in [0.15, 0.2) is 5.43 Å². The van der Waals surface area contributed by atoms with E-state index in [9.17, 15) is 27.2 Å². The van der Waals surface area contributed by atoms with E-state index in [0.29, 0.717) is 18.2 Å². The summed E-state index contributed by atoms with van der Waals surface area (Å²) in [6.45, 7) is -0.0154. The molecule has 0 bridgehead atoms. The molecule has 8 nitrogen and oxygen atoms in total. The molecule has 3 aromatic carbocycles. The van der Waals surface area contributed by atoms with Gasteiger partial charge >= 0.3 is 12.3 Å². The molecule has 0 spiro atoms. The van der Waals surface area contributed by atoms with Gasteiger partial charge in [-0.15, -0.1) is 0 Å². The predicted molar refractivity (Wildman–Crippen MR) is 154 cm³/mol. The molecular formula is C33H26F4N4O4. The molecule has 0 saturated carbocycles. The molecule has 230 valence electrons. The van der Waals surface area contributed by atoms with Crippen LogP contribution >= 0.6 is 0 Å². The van der Waals surface area contributed by atoms with Crippen molar-refractivity contribution in [2.75, 3.05) is 6.54 Å². The Morgan fingerprint density at radius 3 is 2.38 bits per heavy atom. The van der Waals surface area contributed by atoms with Gasteiger partial charge in [0.05, 0.1) is 30.6 Å². The van der Waals surface area contributed by atoms with Crippen molar-refractivity contribution < 1.29 is 31.6 Å². The number of hydrogen-bond donors (Lipinski definition) is 0. The number of rotatable bonds is 7. The summed E-state index contributed by atoms with van der Waals surface area (Å²) in [5, 5.41) is 4.01. The lowest BCUT2D eigenvalue weighted by molar-refractivity contribution is -0.137. The second-order valence-corrected chi connectivity index (χ2v) is 10.6. The molecule has 0 fully saturated rings. The number of carbonyl (C=O) groups is 1. The van der Waals surface area contributed by atoms with Crippen LogP contribution in [-0.4, -0.2) is 32.2 Å². The van der Waals surface area contributed by atoms with Crippen LogP contribution in [-0.2, 0) is 43.5 Å². The van der Waals surface area contributed by atoms with E-state index in [0.717, 1.165) is 23.3 Å². The lowest BCUT2D eigenvalue weighted by atomic mass is 10.0. The first-order chi connectivity index (χ1) is 21.7. The van der Waals surface area contributed by atoms with Crippen molar-refractivity contribution in [2.45, 2.75) is 38.7 Å². The average Bonchev–Trinajstić information content (AvgIpc) is 3.50. The number of halogens is 4. The Balaban J connectivity index is 1.34. The average molecular weight is 619 g/mol. The van der Waals surface area contributed by atoms with Gasteiger partial charge in [-0.2, -0.15) is 18.2 Å². The topological polar surface area (TPSA) is 90.5 Å². The Bertz CT molecular complexity index is 1890. The van der Waals surface area contributed by atoms with Crippen molar-refractivity contribution in [3.63, 3.8) is 0 Å². The summed E-state index contributed by atoms with van der Waals surface area (Å²) in [5.74, 6) is -0.774. The zero-order valence-electron chi connectivity index (χ0n) is 23.8. The van der Waals surface area contributed by atoms with Crippen LogP contribution in [0.2, 0.25) is 0 Å². The summed E-state index contributed by atoms with van der Waals surface area (Å²) < 4.78 is 66.9. The first-order valence-corrected chi connectivity index (χ1v) is 14.1. The number of hydrogen-bond acceptors (Lipinski definition) is 6. The maximum absolute atomic E-state index is 14.9. The molecule has 45 heavy (non-hydrogen) atoms. The van der Waals surface area contributed by atoms with E-state index in [2.05, 4.69) is 10.1 Å². The van der Waals surface area contributed by atoms with E-state index < -0.39 is 29.1 Å². The first-order valence-electron chi connectivity index (χ1n) is 14.1. The molecular weight excluding hydrogens is 592 g/mol. The van der Waals surface area contributed by atoms with E-state index in [1.54, 1.807) is 4.57 Å². The third kappa shape index (κ3) is 6.64. The lowest BCUT2D eigenvalue weighted by Gasteiger charge is -2.30. The first kappa shape index (κ1) is 29.8. The summed E-state index contributed by atoms with van der Waals surface area (Å²) in [6.07, 6.45) is -3.31. The van der Waals surface area contributed by atoms with Crippen LogP contribution in [0.1, 0.15) is 39.4 Å². The fraction of sp³-hybridized carbons (Fsp3) is 0.212. The van der Waals surface area contributed by atoms with Crippen LogP contribution in [0.4, 0.5) is 22.4 Å². The number of amides is 1. The van der Waals surface area contributed by atoms with Crippen molar-refractivity contribution in [1.29, 1.82) is 0 Å². The molecule has 12 heteroatoms. The van der Waals surface area contributed by atoms with E-state index in [-0.39, 0.29) is 61.1 Å². The lowest BCUT2D eigenvalue weighted by Crippen LogP contribution is -2.40. The van der Waals surface area contributed by atoms with Crippen LogP contribution in [0.25, 0.3) is 11.4 Å². The quantitative estimate of drug-likeness (QED) is 0.197. The number of pyridine rings is 1. The standard InChI is InChI=1S/C33H26F4N4O4/c34-27-16-24(33(35,36)37)12-11-23(27)17-41-19-26(31-38-29(45-39-31)15-21-7-3-1-4-8-21)30(42)25-18-40(14-13-28(25)41)32(43)44-20-22-9-5-2-6-10-22/h1-12,16,19H,13-15,17-18,20H2. The Hall–Kier alpha value is -5.26. The van der Waals surface area contributed by atoms with E-state index in [1.807, 2.05) is 60.7 Å². The second kappa shape index (κ2) is 12.4. The smallest absolute Gasteiger partial charge is 0.416 e. The Morgan fingerprint density at radius 1 is 0.978 bits per heavy atom. The number of fused-ring (bicyclic) bond motifs is 1. The molecule has 5 aromatic rings. The van der Waals surface area contributed by atoms with Gasteiger partial charge in [-0.25, -0.2) is 9.18 Å². The van der Waals surface area contributed by atoms with Crippen molar-refractivity contribution >= 4 is 6.09 Å². The highest BCUT2D eigenvalue weighted by Crippen LogP contribution is 2.31. The van der Waals surface area contributed by atoms with Crippen molar-refractivity contribution in [3.8, 4) is 11.4 Å². The Morgan fingerprint density at radius 2 is 1.69 bits per heavy atom. The minimum atomic E-state index is -4.70. The van der Waals surface area contributed by atoms with Crippen LogP contribution in [0.3, 0.4) is 0 Å². The van der Waals surface area contributed by atoms with Crippen LogP contribution in [0.5, 0.6) is 0 Å². The fourth-order valence-corrected chi connectivity index (χ4v) is 5.24. The predicted octanol–water partition coefficient (Wildman–Crippen LogP) is 6.39. The summed E-state index contributed by atoms with van der Waals surface area (Å²) in [6, 6.07) is 20.9. The summed E-state index contributed by atoms with van der Waals surface area (Å²) in [4.78, 5) is 32.6. The number of nitrogens with zero attached hydrogens (tertiary/aromatic N) is 4. The van der Waals surface area contributed by atoms with E-state index in [1.165, 1.54) is 11.1 Å². The number of ether oxygens (including phenoxy) is 1. The maximum Gasteiger partial charge on any atom is 0.416 e. The molecule has 1 aliphatic rings. The van der Waals surface area contributed by atoms with Gasteiger partial charge in [0.2, 0.25) is 11.7 Å². The highest BCUT2D eigenvalue weighted by molar-refractivity contribution is 5.68.